The maximum absolute atomic E-state index is 13.4. The van der Waals surface area contributed by atoms with Gasteiger partial charge in [-0.15, -0.1) is 10.2 Å². The molecule has 4 rings (SSSR count). The molecule has 0 radical (unpaired) electrons. The molecule has 0 bridgehead atoms. The van der Waals surface area contributed by atoms with Gasteiger partial charge in [0.1, 0.15) is 11.9 Å². The van der Waals surface area contributed by atoms with Crippen molar-refractivity contribution >= 4 is 22.4 Å². The molecule has 7 heteroatoms. The third-order valence-corrected chi connectivity index (χ3v) is 6.42. The number of hydrogen-bond donors (Lipinski definition) is 1. The van der Waals surface area contributed by atoms with Crippen LogP contribution in [0.3, 0.4) is 0 Å². The van der Waals surface area contributed by atoms with Crippen LogP contribution in [0.5, 0.6) is 5.75 Å². The van der Waals surface area contributed by atoms with Gasteiger partial charge in [0.05, 0.1) is 5.41 Å². The van der Waals surface area contributed by atoms with Crippen LogP contribution in [-0.2, 0) is 14.9 Å². The molecule has 0 unspecified atom stereocenters. The summed E-state index contributed by atoms with van der Waals surface area (Å²) in [5, 5.41) is 12.6. The molecule has 6 nitrogen and oxygen atoms in total. The third-order valence-electron chi connectivity index (χ3n) is 5.42. The van der Waals surface area contributed by atoms with Gasteiger partial charge in [-0.1, -0.05) is 59.4 Å². The summed E-state index contributed by atoms with van der Waals surface area (Å²) in [6, 6.07) is 17.7. The van der Waals surface area contributed by atoms with Crippen molar-refractivity contribution < 1.29 is 14.3 Å². The molecule has 1 saturated heterocycles. The number of para-hydroxylation sites is 1. The molecule has 1 amide bonds. The number of aromatic nitrogens is 2. The average Bonchev–Trinajstić information content (AvgIpc) is 3.23. The minimum absolute atomic E-state index is 0.0595. The van der Waals surface area contributed by atoms with E-state index in [4.69, 9.17) is 9.47 Å². The van der Waals surface area contributed by atoms with Crippen molar-refractivity contribution in [2.45, 2.75) is 38.2 Å². The monoisotopic (exact) mass is 423 g/mol. The summed E-state index contributed by atoms with van der Waals surface area (Å²) in [6.45, 7) is 5.08. The fourth-order valence-electron chi connectivity index (χ4n) is 3.73. The number of rotatable bonds is 6. The predicted octanol–water partition coefficient (Wildman–Crippen LogP) is 4.67. The zero-order valence-electron chi connectivity index (χ0n) is 17.1. The highest BCUT2D eigenvalue weighted by molar-refractivity contribution is 7.15. The van der Waals surface area contributed by atoms with E-state index in [9.17, 15) is 4.79 Å². The van der Waals surface area contributed by atoms with Crippen molar-refractivity contribution in [1.29, 1.82) is 0 Å². The molecule has 156 valence electrons. The highest BCUT2D eigenvalue weighted by Crippen LogP contribution is 2.37. The highest BCUT2D eigenvalue weighted by atomic mass is 32.1. The van der Waals surface area contributed by atoms with Gasteiger partial charge in [-0.05, 0) is 44.4 Å². The minimum Gasteiger partial charge on any atom is -0.483 e. The maximum Gasteiger partial charge on any atom is 0.237 e. The SMILES string of the molecule is Cc1cccc(C2(C(=O)Nc3nnc([C@H](C)Oc4ccccc4)s3)CCOCC2)c1. The van der Waals surface area contributed by atoms with E-state index in [1.54, 1.807) is 0 Å². The molecule has 1 aliphatic heterocycles. The van der Waals surface area contributed by atoms with Crippen LogP contribution in [0, 0.1) is 6.92 Å². The number of hydrogen-bond acceptors (Lipinski definition) is 6. The molecule has 0 spiro atoms. The van der Waals surface area contributed by atoms with Crippen molar-refractivity contribution in [2.24, 2.45) is 0 Å². The number of amides is 1. The van der Waals surface area contributed by atoms with Gasteiger partial charge in [-0.3, -0.25) is 10.1 Å². The van der Waals surface area contributed by atoms with Crippen LogP contribution < -0.4 is 10.1 Å². The first-order chi connectivity index (χ1) is 14.6. The Morgan fingerprint density at radius 3 is 2.63 bits per heavy atom. The Hall–Kier alpha value is -2.77. The average molecular weight is 424 g/mol. The molecule has 0 saturated carbocycles. The molecule has 2 heterocycles. The molecule has 1 N–H and O–H groups in total. The first-order valence-electron chi connectivity index (χ1n) is 10.1. The number of carbonyl (C=O) groups excluding carboxylic acids is 1. The summed E-state index contributed by atoms with van der Waals surface area (Å²) in [5.41, 5.74) is 1.53. The van der Waals surface area contributed by atoms with E-state index in [1.165, 1.54) is 11.3 Å². The van der Waals surface area contributed by atoms with Crippen LogP contribution in [-0.4, -0.2) is 29.3 Å². The van der Waals surface area contributed by atoms with Crippen molar-refractivity contribution in [2.75, 3.05) is 18.5 Å². The molecule has 1 atom stereocenters. The number of anilines is 1. The van der Waals surface area contributed by atoms with E-state index in [1.807, 2.05) is 62.4 Å². The van der Waals surface area contributed by atoms with Crippen LogP contribution in [0.25, 0.3) is 0 Å². The zero-order chi connectivity index (χ0) is 21.0. The Morgan fingerprint density at radius 2 is 1.90 bits per heavy atom. The molecule has 1 fully saturated rings. The normalized spacial score (nSPS) is 16.6. The van der Waals surface area contributed by atoms with Gasteiger partial charge >= 0.3 is 0 Å². The van der Waals surface area contributed by atoms with E-state index in [-0.39, 0.29) is 12.0 Å². The van der Waals surface area contributed by atoms with Crippen LogP contribution >= 0.6 is 11.3 Å². The zero-order valence-corrected chi connectivity index (χ0v) is 17.9. The summed E-state index contributed by atoms with van der Waals surface area (Å²) in [6.07, 6.45) is 1.02. The summed E-state index contributed by atoms with van der Waals surface area (Å²) in [7, 11) is 0. The second-order valence-electron chi connectivity index (χ2n) is 7.54. The maximum atomic E-state index is 13.4. The van der Waals surface area contributed by atoms with Gasteiger partial charge in [-0.2, -0.15) is 0 Å². The lowest BCUT2D eigenvalue weighted by Gasteiger charge is -2.36. The number of nitrogens with zero attached hydrogens (tertiary/aromatic N) is 2. The number of nitrogens with one attached hydrogen (secondary N) is 1. The highest BCUT2D eigenvalue weighted by Gasteiger charge is 2.42. The molecule has 0 aliphatic carbocycles. The van der Waals surface area contributed by atoms with E-state index in [2.05, 4.69) is 21.6 Å². The van der Waals surface area contributed by atoms with E-state index >= 15 is 0 Å². The summed E-state index contributed by atoms with van der Waals surface area (Å²) < 4.78 is 11.5. The second kappa shape index (κ2) is 8.93. The quantitative estimate of drug-likeness (QED) is 0.624. The fourth-order valence-corrected chi connectivity index (χ4v) is 4.45. The van der Waals surface area contributed by atoms with Crippen molar-refractivity contribution in [1.82, 2.24) is 10.2 Å². The van der Waals surface area contributed by atoms with Crippen LogP contribution in [0.15, 0.2) is 54.6 Å². The van der Waals surface area contributed by atoms with Crippen LogP contribution in [0.4, 0.5) is 5.13 Å². The third kappa shape index (κ3) is 4.37. The van der Waals surface area contributed by atoms with Crippen LogP contribution in [0.2, 0.25) is 0 Å². The number of aryl methyl sites for hydroxylation is 1. The molecule has 2 aromatic carbocycles. The van der Waals surface area contributed by atoms with Gasteiger partial charge in [-0.25, -0.2) is 0 Å². The summed E-state index contributed by atoms with van der Waals surface area (Å²) in [4.78, 5) is 13.4. The molecular formula is C23H25N3O3S. The summed E-state index contributed by atoms with van der Waals surface area (Å²) in [5.74, 6) is 0.710. The second-order valence-corrected chi connectivity index (χ2v) is 8.55. The Kier molecular flexibility index (Phi) is 6.11. The fraction of sp³-hybridized carbons (Fsp3) is 0.348. The number of benzene rings is 2. The standard InChI is InChI=1S/C23H25N3O3S/c1-16-7-6-8-18(15-16)23(11-13-28-14-12-23)21(27)24-22-26-25-20(30-22)17(2)29-19-9-4-3-5-10-19/h3-10,15,17H,11-14H2,1-2H3,(H,24,26,27)/t17-/m0/s1. The van der Waals surface area contributed by atoms with Gasteiger partial charge in [0.25, 0.3) is 0 Å². The Bertz CT molecular complexity index is 1000. The molecule has 1 aliphatic rings. The Balaban J connectivity index is 1.51. The van der Waals surface area contributed by atoms with Crippen molar-refractivity contribution in [3.05, 3.63) is 70.7 Å². The van der Waals surface area contributed by atoms with E-state index in [0.717, 1.165) is 16.9 Å². The lowest BCUT2D eigenvalue weighted by molar-refractivity contribution is -0.125. The predicted molar refractivity (Wildman–Crippen MR) is 117 cm³/mol. The van der Waals surface area contributed by atoms with E-state index < -0.39 is 5.41 Å². The molecule has 30 heavy (non-hydrogen) atoms. The number of carbonyl (C=O) groups is 1. The smallest absolute Gasteiger partial charge is 0.237 e. The Morgan fingerprint density at radius 1 is 1.13 bits per heavy atom. The molecule has 1 aromatic heterocycles. The van der Waals surface area contributed by atoms with Crippen molar-refractivity contribution in [3.63, 3.8) is 0 Å². The topological polar surface area (TPSA) is 73.3 Å². The van der Waals surface area contributed by atoms with Gasteiger partial charge < -0.3 is 9.47 Å². The van der Waals surface area contributed by atoms with Gasteiger partial charge in [0.15, 0.2) is 5.01 Å². The lowest BCUT2D eigenvalue weighted by atomic mass is 9.73. The first kappa shape index (κ1) is 20.5. The van der Waals surface area contributed by atoms with Crippen LogP contribution in [0.1, 0.15) is 42.0 Å². The van der Waals surface area contributed by atoms with E-state index in [0.29, 0.717) is 36.2 Å². The van der Waals surface area contributed by atoms with Gasteiger partial charge in [0, 0.05) is 13.2 Å². The lowest BCUT2D eigenvalue weighted by Crippen LogP contribution is -2.44. The number of ether oxygens (including phenoxy) is 2. The van der Waals surface area contributed by atoms with Crippen molar-refractivity contribution in [3.8, 4) is 5.75 Å². The largest absolute Gasteiger partial charge is 0.483 e. The van der Waals surface area contributed by atoms with Gasteiger partial charge in [0.2, 0.25) is 11.0 Å². The summed E-state index contributed by atoms with van der Waals surface area (Å²) >= 11 is 1.34. The first-order valence-corrected chi connectivity index (χ1v) is 10.9. The molecular weight excluding hydrogens is 398 g/mol. The molecule has 3 aromatic rings. The minimum atomic E-state index is -0.623. The Labute approximate surface area is 180 Å².